The number of amides is 1. The van der Waals surface area contributed by atoms with Gasteiger partial charge in [-0.1, -0.05) is 5.16 Å². The molecule has 0 aliphatic heterocycles. The van der Waals surface area contributed by atoms with E-state index < -0.39 is 35.5 Å². The van der Waals surface area contributed by atoms with E-state index in [2.05, 4.69) is 29.2 Å². The van der Waals surface area contributed by atoms with Crippen LogP contribution in [0.1, 0.15) is 31.3 Å². The van der Waals surface area contributed by atoms with Crippen LogP contribution in [0.2, 0.25) is 0 Å². The molecule has 1 amide bonds. The van der Waals surface area contributed by atoms with E-state index >= 15 is 0 Å². The first-order chi connectivity index (χ1) is 10.2. The normalized spacial score (nSPS) is 10.6. The number of hydrogen-bond acceptors (Lipinski definition) is 9. The van der Waals surface area contributed by atoms with Crippen molar-refractivity contribution in [2.24, 2.45) is 0 Å². The summed E-state index contributed by atoms with van der Waals surface area (Å²) < 4.78 is 22.6. The molecule has 0 atom stereocenters. The Hall–Kier alpha value is -2.78. The van der Waals surface area contributed by atoms with E-state index in [1.54, 1.807) is 20.8 Å². The van der Waals surface area contributed by atoms with Crippen LogP contribution in [0.3, 0.4) is 0 Å². The molecular formula is C12H16N2O8. The lowest BCUT2D eigenvalue weighted by Crippen LogP contribution is -2.40. The maximum Gasteiger partial charge on any atom is 0.516 e. The number of nitrogens with zero attached hydrogens (tertiary/aromatic N) is 1. The first kappa shape index (κ1) is 17.3. The molecule has 1 heterocycles. The monoisotopic (exact) mass is 316 g/mol. The van der Waals surface area contributed by atoms with Gasteiger partial charge in [-0.25, -0.2) is 9.59 Å². The molecule has 0 aliphatic rings. The molecule has 0 aromatic carbocycles. The van der Waals surface area contributed by atoms with Gasteiger partial charge in [0, 0.05) is 5.54 Å². The van der Waals surface area contributed by atoms with Crippen molar-refractivity contribution in [3.8, 4) is 11.7 Å². The van der Waals surface area contributed by atoms with Gasteiger partial charge < -0.3 is 28.8 Å². The van der Waals surface area contributed by atoms with Crippen LogP contribution in [-0.4, -0.2) is 43.1 Å². The molecule has 0 radical (unpaired) electrons. The number of aromatic nitrogens is 1. The second-order valence-electron chi connectivity index (χ2n) is 4.96. The van der Waals surface area contributed by atoms with Crippen LogP contribution in [0.15, 0.2) is 4.52 Å². The minimum absolute atomic E-state index is 0.390. The minimum Gasteiger partial charge on any atom is -0.437 e. The molecule has 0 fully saturated rings. The van der Waals surface area contributed by atoms with E-state index in [0.717, 1.165) is 14.2 Å². The van der Waals surface area contributed by atoms with Gasteiger partial charge in [0.25, 0.3) is 11.7 Å². The van der Waals surface area contributed by atoms with Crippen molar-refractivity contribution >= 4 is 18.2 Å². The molecule has 0 saturated carbocycles. The maximum atomic E-state index is 12.1. The summed E-state index contributed by atoms with van der Waals surface area (Å²) in [5.41, 5.74) is -0.971. The average molecular weight is 316 g/mol. The molecule has 1 aromatic rings. The maximum absolute atomic E-state index is 12.1. The zero-order valence-corrected chi connectivity index (χ0v) is 12.7. The quantitative estimate of drug-likeness (QED) is 0.825. The highest BCUT2D eigenvalue weighted by atomic mass is 16.8. The Bertz CT molecular complexity index is 572. The third kappa shape index (κ3) is 4.65. The van der Waals surface area contributed by atoms with Crippen molar-refractivity contribution in [3.63, 3.8) is 0 Å². The second-order valence-corrected chi connectivity index (χ2v) is 4.96. The summed E-state index contributed by atoms with van der Waals surface area (Å²) in [5, 5.41) is 6.00. The van der Waals surface area contributed by atoms with Crippen LogP contribution in [-0.2, 0) is 9.47 Å². The molecule has 10 nitrogen and oxygen atoms in total. The molecule has 122 valence electrons. The average Bonchev–Trinajstić information content (AvgIpc) is 2.79. The summed E-state index contributed by atoms with van der Waals surface area (Å²) in [7, 11) is 2.12. The number of rotatable bonds is 3. The molecule has 10 heteroatoms. The first-order valence-electron chi connectivity index (χ1n) is 6.01. The lowest BCUT2D eigenvalue weighted by Gasteiger charge is -2.19. The van der Waals surface area contributed by atoms with Gasteiger partial charge in [0.1, 0.15) is 0 Å². The molecule has 22 heavy (non-hydrogen) atoms. The zero-order valence-electron chi connectivity index (χ0n) is 12.7. The molecule has 0 unspecified atom stereocenters. The minimum atomic E-state index is -1.15. The van der Waals surface area contributed by atoms with Gasteiger partial charge in [-0.15, -0.1) is 0 Å². The van der Waals surface area contributed by atoms with Crippen LogP contribution < -0.4 is 14.8 Å². The molecule has 0 aliphatic carbocycles. The van der Waals surface area contributed by atoms with E-state index in [4.69, 9.17) is 4.74 Å². The Morgan fingerprint density at radius 3 is 2.09 bits per heavy atom. The molecule has 0 saturated heterocycles. The molecule has 1 rings (SSSR count). The van der Waals surface area contributed by atoms with Crippen LogP contribution >= 0.6 is 0 Å². The summed E-state index contributed by atoms with van der Waals surface area (Å²) in [6.45, 7) is 5.20. The summed E-state index contributed by atoms with van der Waals surface area (Å²) in [6.07, 6.45) is -2.30. The van der Waals surface area contributed by atoms with E-state index in [-0.39, 0.29) is 5.69 Å². The Kier molecular flexibility index (Phi) is 5.33. The number of methoxy groups -OCH3 is 2. The van der Waals surface area contributed by atoms with Gasteiger partial charge >= 0.3 is 18.3 Å². The second kappa shape index (κ2) is 6.78. The van der Waals surface area contributed by atoms with Gasteiger partial charge in [-0.3, -0.25) is 4.79 Å². The van der Waals surface area contributed by atoms with Crippen molar-refractivity contribution in [1.29, 1.82) is 0 Å². The Labute approximate surface area is 125 Å². The number of nitrogens with one attached hydrogen (secondary N) is 1. The highest BCUT2D eigenvalue weighted by Crippen LogP contribution is 2.32. The largest absolute Gasteiger partial charge is 0.516 e. The fourth-order valence-corrected chi connectivity index (χ4v) is 1.21. The number of carbonyl (C=O) groups is 3. The Morgan fingerprint density at radius 2 is 1.59 bits per heavy atom. The van der Waals surface area contributed by atoms with E-state index in [9.17, 15) is 14.4 Å². The van der Waals surface area contributed by atoms with Gasteiger partial charge in [0.05, 0.1) is 14.2 Å². The van der Waals surface area contributed by atoms with Crippen molar-refractivity contribution in [2.45, 2.75) is 26.3 Å². The van der Waals surface area contributed by atoms with Crippen molar-refractivity contribution in [1.82, 2.24) is 10.5 Å². The predicted octanol–water partition coefficient (Wildman–Crippen LogP) is 1.49. The SMILES string of the molecule is COC(=O)Oc1onc(C(=O)NC(C)(C)C)c1OC(=O)OC. The third-order valence-corrected chi connectivity index (χ3v) is 2.02. The van der Waals surface area contributed by atoms with Crippen LogP contribution in [0.5, 0.6) is 11.7 Å². The van der Waals surface area contributed by atoms with Crippen molar-refractivity contribution in [2.75, 3.05) is 14.2 Å². The standard InChI is InChI=1S/C12H16N2O8/c1-12(2,3)13-8(15)6-7(20-10(16)18-4)9(22-14-6)21-11(17)19-5/h1-5H3,(H,13,15). The van der Waals surface area contributed by atoms with E-state index in [1.165, 1.54) is 0 Å². The van der Waals surface area contributed by atoms with Gasteiger partial charge in [0.15, 0.2) is 0 Å². The van der Waals surface area contributed by atoms with Crippen LogP contribution in [0, 0.1) is 0 Å². The lowest BCUT2D eigenvalue weighted by molar-refractivity contribution is 0.0904. The highest BCUT2D eigenvalue weighted by Gasteiger charge is 2.31. The smallest absolute Gasteiger partial charge is 0.437 e. The molecule has 0 bridgehead atoms. The summed E-state index contributed by atoms with van der Waals surface area (Å²) in [5.74, 6) is -1.81. The molecule has 1 N–H and O–H groups in total. The van der Waals surface area contributed by atoms with Gasteiger partial charge in [0.2, 0.25) is 5.69 Å². The summed E-state index contributed by atoms with van der Waals surface area (Å²) >= 11 is 0. The van der Waals surface area contributed by atoms with Crippen molar-refractivity contribution < 1.29 is 37.9 Å². The number of carbonyl (C=O) groups excluding carboxylic acids is 3. The molecule has 1 aromatic heterocycles. The topological polar surface area (TPSA) is 126 Å². The van der Waals surface area contributed by atoms with E-state index in [0.29, 0.717) is 0 Å². The zero-order chi connectivity index (χ0) is 16.9. The van der Waals surface area contributed by atoms with Crippen LogP contribution in [0.4, 0.5) is 9.59 Å². The Balaban J connectivity index is 3.13. The predicted molar refractivity (Wildman–Crippen MR) is 69.8 cm³/mol. The highest BCUT2D eigenvalue weighted by molar-refractivity contribution is 5.96. The third-order valence-electron chi connectivity index (χ3n) is 2.02. The van der Waals surface area contributed by atoms with Gasteiger partial charge in [-0.2, -0.15) is 0 Å². The molecule has 0 spiro atoms. The van der Waals surface area contributed by atoms with Crippen molar-refractivity contribution in [3.05, 3.63) is 5.69 Å². The molecular weight excluding hydrogens is 300 g/mol. The van der Waals surface area contributed by atoms with Crippen LogP contribution in [0.25, 0.3) is 0 Å². The Morgan fingerprint density at radius 1 is 1.05 bits per heavy atom. The number of ether oxygens (including phenoxy) is 4. The fraction of sp³-hybridized carbons (Fsp3) is 0.500. The first-order valence-corrected chi connectivity index (χ1v) is 6.01. The fourth-order valence-electron chi connectivity index (χ4n) is 1.21. The van der Waals surface area contributed by atoms with Gasteiger partial charge in [-0.05, 0) is 20.8 Å². The number of hydrogen-bond donors (Lipinski definition) is 1. The summed E-state index contributed by atoms with van der Waals surface area (Å²) in [4.78, 5) is 34.4. The summed E-state index contributed by atoms with van der Waals surface area (Å²) in [6, 6.07) is 0. The van der Waals surface area contributed by atoms with E-state index in [1.807, 2.05) is 0 Å². The lowest BCUT2D eigenvalue weighted by atomic mass is 10.1.